The van der Waals surface area contributed by atoms with Crippen LogP contribution in [0.5, 0.6) is 11.5 Å². The molecule has 0 fully saturated rings. The molecule has 0 saturated heterocycles. The highest BCUT2D eigenvalue weighted by molar-refractivity contribution is 5.42. The summed E-state index contributed by atoms with van der Waals surface area (Å²) < 4.78 is 10.8. The van der Waals surface area contributed by atoms with Crippen LogP contribution in [0.25, 0.3) is 0 Å². The van der Waals surface area contributed by atoms with Crippen LogP contribution in [-0.2, 0) is 6.42 Å². The molecule has 2 N–H and O–H groups in total. The van der Waals surface area contributed by atoms with Crippen LogP contribution in [-0.4, -0.2) is 19.2 Å². The molecule has 21 heavy (non-hydrogen) atoms. The number of para-hydroxylation sites is 1. The number of methoxy groups -OCH3 is 2. The Morgan fingerprint density at radius 1 is 1.14 bits per heavy atom. The molecule has 0 aliphatic carbocycles. The SMILES string of the molecule is COc1ccccc1C(N)Cc1ncc(C)c(OC)c1C. The van der Waals surface area contributed by atoms with Gasteiger partial charge in [0.2, 0.25) is 0 Å². The zero-order valence-corrected chi connectivity index (χ0v) is 13.0. The van der Waals surface area contributed by atoms with E-state index in [0.717, 1.165) is 33.9 Å². The van der Waals surface area contributed by atoms with E-state index in [1.807, 2.05) is 44.3 Å². The topological polar surface area (TPSA) is 57.4 Å². The number of benzene rings is 1. The first-order chi connectivity index (χ1) is 10.1. The maximum atomic E-state index is 6.34. The fourth-order valence-corrected chi connectivity index (χ4v) is 2.57. The molecule has 0 amide bonds. The maximum Gasteiger partial charge on any atom is 0.128 e. The van der Waals surface area contributed by atoms with E-state index in [9.17, 15) is 0 Å². The first-order valence-electron chi connectivity index (χ1n) is 6.96. The van der Waals surface area contributed by atoms with E-state index < -0.39 is 0 Å². The van der Waals surface area contributed by atoms with Gasteiger partial charge in [0.25, 0.3) is 0 Å². The smallest absolute Gasteiger partial charge is 0.128 e. The summed E-state index contributed by atoms with van der Waals surface area (Å²) in [6, 6.07) is 7.65. The third-order valence-electron chi connectivity index (χ3n) is 3.70. The molecule has 2 rings (SSSR count). The zero-order chi connectivity index (χ0) is 15.4. The second-order valence-corrected chi connectivity index (χ2v) is 5.10. The van der Waals surface area contributed by atoms with E-state index in [-0.39, 0.29) is 6.04 Å². The highest BCUT2D eigenvalue weighted by atomic mass is 16.5. The number of hydrogen-bond acceptors (Lipinski definition) is 4. The fourth-order valence-electron chi connectivity index (χ4n) is 2.57. The Kier molecular flexibility index (Phi) is 4.81. The van der Waals surface area contributed by atoms with Gasteiger partial charge in [0.05, 0.1) is 14.2 Å². The van der Waals surface area contributed by atoms with E-state index in [1.54, 1.807) is 14.2 Å². The Balaban J connectivity index is 2.30. The lowest BCUT2D eigenvalue weighted by Gasteiger charge is -2.18. The molecule has 0 bridgehead atoms. The number of aryl methyl sites for hydroxylation is 1. The Hall–Kier alpha value is -2.07. The van der Waals surface area contributed by atoms with Crippen LogP contribution in [0.4, 0.5) is 0 Å². The standard InChI is InChI=1S/C17H22N2O2/c1-11-10-19-15(12(2)17(11)21-4)9-14(18)13-7-5-6-8-16(13)20-3/h5-8,10,14H,9,18H2,1-4H3. The van der Waals surface area contributed by atoms with Gasteiger partial charge in [-0.2, -0.15) is 0 Å². The van der Waals surface area contributed by atoms with Crippen molar-refractivity contribution in [1.29, 1.82) is 0 Å². The van der Waals surface area contributed by atoms with E-state index in [2.05, 4.69) is 4.98 Å². The quantitative estimate of drug-likeness (QED) is 0.918. The molecule has 112 valence electrons. The minimum absolute atomic E-state index is 0.167. The van der Waals surface area contributed by atoms with Gasteiger partial charge in [-0.05, 0) is 19.9 Å². The summed E-state index contributed by atoms with van der Waals surface area (Å²) in [5, 5.41) is 0. The van der Waals surface area contributed by atoms with E-state index in [0.29, 0.717) is 6.42 Å². The molecular formula is C17H22N2O2. The molecule has 0 aliphatic rings. The van der Waals surface area contributed by atoms with Crippen molar-refractivity contribution in [2.45, 2.75) is 26.3 Å². The molecule has 4 nitrogen and oxygen atoms in total. The van der Waals surface area contributed by atoms with Crippen LogP contribution < -0.4 is 15.2 Å². The Labute approximate surface area is 125 Å². The number of nitrogens with two attached hydrogens (primary N) is 1. The van der Waals surface area contributed by atoms with Crippen molar-refractivity contribution >= 4 is 0 Å². The zero-order valence-electron chi connectivity index (χ0n) is 13.0. The minimum Gasteiger partial charge on any atom is -0.496 e. The van der Waals surface area contributed by atoms with Crippen molar-refractivity contribution in [3.8, 4) is 11.5 Å². The second kappa shape index (κ2) is 6.59. The Morgan fingerprint density at radius 2 is 1.86 bits per heavy atom. The Morgan fingerprint density at radius 3 is 2.52 bits per heavy atom. The molecule has 0 saturated carbocycles. The molecular weight excluding hydrogens is 264 g/mol. The normalized spacial score (nSPS) is 12.0. The van der Waals surface area contributed by atoms with E-state index in [4.69, 9.17) is 15.2 Å². The lowest BCUT2D eigenvalue weighted by atomic mass is 9.98. The van der Waals surface area contributed by atoms with Gasteiger partial charge in [-0.25, -0.2) is 0 Å². The molecule has 0 aliphatic heterocycles. The average Bonchev–Trinajstić information content (AvgIpc) is 2.50. The summed E-state index contributed by atoms with van der Waals surface area (Å²) in [5.41, 5.74) is 10.4. The minimum atomic E-state index is -0.167. The summed E-state index contributed by atoms with van der Waals surface area (Å²) in [5.74, 6) is 1.69. The van der Waals surface area contributed by atoms with Crippen molar-refractivity contribution in [2.24, 2.45) is 5.73 Å². The van der Waals surface area contributed by atoms with Crippen LogP contribution in [0.15, 0.2) is 30.5 Å². The van der Waals surface area contributed by atoms with Gasteiger partial charge in [-0.3, -0.25) is 4.98 Å². The third kappa shape index (κ3) is 3.16. The fraction of sp³-hybridized carbons (Fsp3) is 0.353. The lowest BCUT2D eigenvalue weighted by molar-refractivity contribution is 0.403. The number of aromatic nitrogens is 1. The van der Waals surface area contributed by atoms with Crippen LogP contribution in [0.2, 0.25) is 0 Å². The second-order valence-electron chi connectivity index (χ2n) is 5.10. The number of pyridine rings is 1. The van der Waals surface area contributed by atoms with Gasteiger partial charge < -0.3 is 15.2 Å². The van der Waals surface area contributed by atoms with Crippen molar-refractivity contribution in [2.75, 3.05) is 14.2 Å². The van der Waals surface area contributed by atoms with Gasteiger partial charge in [0.15, 0.2) is 0 Å². The van der Waals surface area contributed by atoms with Gasteiger partial charge in [0, 0.05) is 41.0 Å². The van der Waals surface area contributed by atoms with Crippen molar-refractivity contribution in [3.63, 3.8) is 0 Å². The average molecular weight is 286 g/mol. The van der Waals surface area contributed by atoms with Crippen molar-refractivity contribution in [3.05, 3.63) is 52.8 Å². The van der Waals surface area contributed by atoms with Crippen LogP contribution in [0.3, 0.4) is 0 Å². The maximum absolute atomic E-state index is 6.34. The Bertz CT molecular complexity index is 626. The van der Waals surface area contributed by atoms with E-state index in [1.165, 1.54) is 0 Å². The molecule has 4 heteroatoms. The molecule has 2 aromatic rings. The number of hydrogen-bond donors (Lipinski definition) is 1. The molecule has 1 heterocycles. The molecule has 1 unspecified atom stereocenters. The summed E-state index contributed by atoms with van der Waals surface area (Å²) in [7, 11) is 3.34. The molecule has 0 radical (unpaired) electrons. The summed E-state index contributed by atoms with van der Waals surface area (Å²) in [6.45, 7) is 4.01. The summed E-state index contributed by atoms with van der Waals surface area (Å²) in [6.07, 6.45) is 2.47. The number of nitrogens with zero attached hydrogens (tertiary/aromatic N) is 1. The van der Waals surface area contributed by atoms with Gasteiger partial charge in [-0.1, -0.05) is 18.2 Å². The summed E-state index contributed by atoms with van der Waals surface area (Å²) in [4.78, 5) is 4.51. The third-order valence-corrected chi connectivity index (χ3v) is 3.70. The van der Waals surface area contributed by atoms with Crippen LogP contribution in [0, 0.1) is 13.8 Å². The predicted molar refractivity (Wildman–Crippen MR) is 83.9 cm³/mol. The first-order valence-corrected chi connectivity index (χ1v) is 6.96. The van der Waals surface area contributed by atoms with Crippen molar-refractivity contribution < 1.29 is 9.47 Å². The van der Waals surface area contributed by atoms with Crippen molar-refractivity contribution in [1.82, 2.24) is 4.98 Å². The predicted octanol–water partition coefficient (Wildman–Crippen LogP) is 2.96. The highest BCUT2D eigenvalue weighted by Gasteiger charge is 2.16. The molecule has 1 aromatic carbocycles. The number of ether oxygens (including phenoxy) is 2. The van der Waals surface area contributed by atoms with Gasteiger partial charge in [-0.15, -0.1) is 0 Å². The highest BCUT2D eigenvalue weighted by Crippen LogP contribution is 2.29. The molecule has 1 aromatic heterocycles. The van der Waals surface area contributed by atoms with Gasteiger partial charge >= 0.3 is 0 Å². The van der Waals surface area contributed by atoms with Crippen LogP contribution >= 0.6 is 0 Å². The first kappa shape index (κ1) is 15.3. The van der Waals surface area contributed by atoms with E-state index >= 15 is 0 Å². The molecule has 1 atom stereocenters. The number of rotatable bonds is 5. The summed E-state index contributed by atoms with van der Waals surface area (Å²) >= 11 is 0. The van der Waals surface area contributed by atoms with Gasteiger partial charge in [0.1, 0.15) is 11.5 Å². The largest absolute Gasteiger partial charge is 0.496 e. The molecule has 0 spiro atoms. The lowest BCUT2D eigenvalue weighted by Crippen LogP contribution is -2.16. The van der Waals surface area contributed by atoms with Crippen LogP contribution in [0.1, 0.15) is 28.4 Å². The monoisotopic (exact) mass is 286 g/mol.